The van der Waals surface area contributed by atoms with Gasteiger partial charge in [-0.15, -0.1) is 0 Å². The van der Waals surface area contributed by atoms with Crippen molar-refractivity contribution < 1.29 is 0 Å². The minimum absolute atomic E-state index is 0.956. The topological polar surface area (TPSA) is 25.8 Å². The van der Waals surface area contributed by atoms with Crippen LogP contribution in [0.3, 0.4) is 0 Å². The summed E-state index contributed by atoms with van der Waals surface area (Å²) < 4.78 is 0. The number of nitrogens with zero attached hydrogens (tertiary/aromatic N) is 2. The summed E-state index contributed by atoms with van der Waals surface area (Å²) in [6.07, 6.45) is 9.27. The van der Waals surface area contributed by atoms with E-state index < -0.39 is 0 Å². The van der Waals surface area contributed by atoms with E-state index in [0.717, 1.165) is 12.8 Å². The second kappa shape index (κ2) is 6.11. The first-order chi connectivity index (χ1) is 9.90. The van der Waals surface area contributed by atoms with Crippen LogP contribution in [-0.2, 0) is 12.8 Å². The first-order valence-electron chi connectivity index (χ1n) is 6.76. The molecular weight excluding hydrogens is 244 g/mol. The normalized spacial score (nSPS) is 10.4. The lowest BCUT2D eigenvalue weighted by Gasteiger charge is -2.05. The van der Waals surface area contributed by atoms with Crippen LogP contribution in [0, 0.1) is 0 Å². The molecular formula is C18H16N2. The summed E-state index contributed by atoms with van der Waals surface area (Å²) in [4.78, 5) is 8.09. The molecule has 3 aromatic rings. The largest absolute Gasteiger partial charge is 0.265 e. The van der Waals surface area contributed by atoms with Crippen LogP contribution in [0.1, 0.15) is 22.3 Å². The average molecular weight is 260 g/mol. The van der Waals surface area contributed by atoms with E-state index in [0.29, 0.717) is 0 Å². The Labute approximate surface area is 119 Å². The lowest BCUT2D eigenvalue weighted by atomic mass is 10.0. The number of hydrogen-bond acceptors (Lipinski definition) is 2. The summed E-state index contributed by atoms with van der Waals surface area (Å²) in [6.45, 7) is 0. The molecule has 0 N–H and O–H groups in total. The summed E-state index contributed by atoms with van der Waals surface area (Å²) in [5, 5.41) is 0. The Balaban J connectivity index is 1.69. The van der Waals surface area contributed by atoms with E-state index >= 15 is 0 Å². The Kier molecular flexibility index (Phi) is 3.83. The highest BCUT2D eigenvalue weighted by atomic mass is 14.6. The summed E-state index contributed by atoms with van der Waals surface area (Å²) in [5.41, 5.74) is 5.24. The minimum Gasteiger partial charge on any atom is -0.265 e. The fourth-order valence-electron chi connectivity index (χ4n) is 2.25. The van der Waals surface area contributed by atoms with Crippen LogP contribution in [0.25, 0.3) is 0 Å². The number of aromatic nitrogens is 2. The Morgan fingerprint density at radius 3 is 1.10 bits per heavy atom. The van der Waals surface area contributed by atoms with Crippen molar-refractivity contribution in [3.05, 3.63) is 95.6 Å². The van der Waals surface area contributed by atoms with Crippen molar-refractivity contribution >= 4 is 0 Å². The maximum atomic E-state index is 4.04. The zero-order valence-corrected chi connectivity index (χ0v) is 11.2. The third-order valence-electron chi connectivity index (χ3n) is 3.34. The maximum absolute atomic E-state index is 4.04. The van der Waals surface area contributed by atoms with Crippen molar-refractivity contribution in [2.45, 2.75) is 12.8 Å². The molecule has 20 heavy (non-hydrogen) atoms. The Morgan fingerprint density at radius 2 is 0.750 bits per heavy atom. The summed E-state index contributed by atoms with van der Waals surface area (Å²) in [6, 6.07) is 17.1. The molecule has 2 heterocycles. The highest BCUT2D eigenvalue weighted by Gasteiger charge is 1.98. The Hall–Kier alpha value is -2.48. The van der Waals surface area contributed by atoms with Gasteiger partial charge in [0.25, 0.3) is 0 Å². The Morgan fingerprint density at radius 1 is 0.450 bits per heavy atom. The molecule has 98 valence electrons. The van der Waals surface area contributed by atoms with Crippen molar-refractivity contribution in [3.8, 4) is 0 Å². The highest BCUT2D eigenvalue weighted by molar-refractivity contribution is 5.30. The van der Waals surface area contributed by atoms with Gasteiger partial charge in [-0.25, -0.2) is 0 Å². The molecule has 0 saturated carbocycles. The molecule has 0 fully saturated rings. The molecule has 0 aliphatic carbocycles. The molecule has 0 radical (unpaired) electrons. The number of pyridine rings is 2. The molecule has 0 aliphatic heterocycles. The van der Waals surface area contributed by atoms with E-state index in [-0.39, 0.29) is 0 Å². The minimum atomic E-state index is 0.956. The fraction of sp³-hybridized carbons (Fsp3) is 0.111. The monoisotopic (exact) mass is 260 g/mol. The molecule has 0 spiro atoms. The predicted octanol–water partition coefficient (Wildman–Crippen LogP) is 3.66. The maximum Gasteiger partial charge on any atom is 0.0270 e. The zero-order valence-electron chi connectivity index (χ0n) is 11.2. The summed E-state index contributed by atoms with van der Waals surface area (Å²) in [7, 11) is 0. The molecule has 0 amide bonds. The van der Waals surface area contributed by atoms with Crippen LogP contribution in [0.2, 0.25) is 0 Å². The van der Waals surface area contributed by atoms with E-state index in [1.165, 1.54) is 22.3 Å². The van der Waals surface area contributed by atoms with E-state index in [2.05, 4.69) is 58.5 Å². The molecule has 0 aliphatic rings. The molecule has 0 bridgehead atoms. The SMILES string of the molecule is c1cc(Cc2ccc(Cc3ccncc3)cc2)ccn1. The predicted molar refractivity (Wildman–Crippen MR) is 80.5 cm³/mol. The van der Waals surface area contributed by atoms with Gasteiger partial charge in [-0.1, -0.05) is 24.3 Å². The van der Waals surface area contributed by atoms with Crippen molar-refractivity contribution in [2.75, 3.05) is 0 Å². The van der Waals surface area contributed by atoms with Crippen LogP contribution in [0.5, 0.6) is 0 Å². The Bertz CT molecular complexity index is 586. The van der Waals surface area contributed by atoms with Gasteiger partial charge in [-0.05, 0) is 59.4 Å². The number of benzene rings is 1. The van der Waals surface area contributed by atoms with Gasteiger partial charge in [0, 0.05) is 24.8 Å². The van der Waals surface area contributed by atoms with Gasteiger partial charge < -0.3 is 0 Å². The average Bonchev–Trinajstić information content (AvgIpc) is 2.51. The van der Waals surface area contributed by atoms with Crippen molar-refractivity contribution in [2.24, 2.45) is 0 Å². The molecule has 0 unspecified atom stereocenters. The van der Waals surface area contributed by atoms with Gasteiger partial charge in [0.05, 0.1) is 0 Å². The van der Waals surface area contributed by atoms with Crippen LogP contribution in [0.15, 0.2) is 73.3 Å². The van der Waals surface area contributed by atoms with Gasteiger partial charge in [0.15, 0.2) is 0 Å². The van der Waals surface area contributed by atoms with E-state index in [1.807, 2.05) is 24.8 Å². The molecule has 0 saturated heterocycles. The molecule has 2 heteroatoms. The van der Waals surface area contributed by atoms with Crippen molar-refractivity contribution in [1.82, 2.24) is 9.97 Å². The molecule has 3 rings (SSSR count). The lowest BCUT2D eigenvalue weighted by molar-refractivity contribution is 1.13. The van der Waals surface area contributed by atoms with E-state index in [9.17, 15) is 0 Å². The van der Waals surface area contributed by atoms with Gasteiger partial charge in [-0.3, -0.25) is 9.97 Å². The third-order valence-corrected chi connectivity index (χ3v) is 3.34. The third kappa shape index (κ3) is 3.29. The summed E-state index contributed by atoms with van der Waals surface area (Å²) >= 11 is 0. The first kappa shape index (κ1) is 12.5. The van der Waals surface area contributed by atoms with Gasteiger partial charge >= 0.3 is 0 Å². The number of rotatable bonds is 4. The quantitative estimate of drug-likeness (QED) is 0.715. The van der Waals surface area contributed by atoms with Crippen LogP contribution < -0.4 is 0 Å². The van der Waals surface area contributed by atoms with E-state index in [4.69, 9.17) is 0 Å². The second-order valence-electron chi connectivity index (χ2n) is 4.88. The molecule has 1 aromatic carbocycles. The van der Waals surface area contributed by atoms with Gasteiger partial charge in [0.2, 0.25) is 0 Å². The first-order valence-corrected chi connectivity index (χ1v) is 6.76. The molecule has 2 aromatic heterocycles. The van der Waals surface area contributed by atoms with Crippen LogP contribution >= 0.6 is 0 Å². The van der Waals surface area contributed by atoms with Gasteiger partial charge in [-0.2, -0.15) is 0 Å². The fourth-order valence-corrected chi connectivity index (χ4v) is 2.25. The summed E-state index contributed by atoms with van der Waals surface area (Å²) in [5.74, 6) is 0. The second-order valence-corrected chi connectivity index (χ2v) is 4.88. The smallest absolute Gasteiger partial charge is 0.0270 e. The van der Waals surface area contributed by atoms with E-state index in [1.54, 1.807) is 0 Å². The number of hydrogen-bond donors (Lipinski definition) is 0. The zero-order chi connectivity index (χ0) is 13.6. The molecule has 2 nitrogen and oxygen atoms in total. The standard InChI is InChI=1S/C18H16N2/c1-2-16(14-18-7-11-20-12-8-18)4-3-15(1)13-17-5-9-19-10-6-17/h1-12H,13-14H2. The van der Waals surface area contributed by atoms with Crippen molar-refractivity contribution in [1.29, 1.82) is 0 Å². The van der Waals surface area contributed by atoms with Crippen molar-refractivity contribution in [3.63, 3.8) is 0 Å². The van der Waals surface area contributed by atoms with Crippen LogP contribution in [-0.4, -0.2) is 9.97 Å². The lowest BCUT2D eigenvalue weighted by Crippen LogP contribution is -1.91. The van der Waals surface area contributed by atoms with Gasteiger partial charge in [0.1, 0.15) is 0 Å². The highest BCUT2D eigenvalue weighted by Crippen LogP contribution is 2.13. The van der Waals surface area contributed by atoms with Crippen LogP contribution in [0.4, 0.5) is 0 Å². The molecule has 0 atom stereocenters.